The number of ether oxygens (including phenoxy) is 2. The molecule has 0 radical (unpaired) electrons. The van der Waals surface area contributed by atoms with Crippen LogP contribution in [0, 0.1) is 18.3 Å². The third kappa shape index (κ3) is 5.55. The highest BCUT2D eigenvalue weighted by atomic mass is 16.5. The van der Waals surface area contributed by atoms with Gasteiger partial charge in [-0.3, -0.25) is 0 Å². The fraction of sp³-hybridized carbons (Fsp3) is 0.125. The summed E-state index contributed by atoms with van der Waals surface area (Å²) in [6.45, 7) is 4.28. The van der Waals surface area contributed by atoms with Crippen LogP contribution in [0.1, 0.15) is 34.1 Å². The van der Waals surface area contributed by atoms with Crippen molar-refractivity contribution in [1.29, 1.82) is 5.26 Å². The van der Waals surface area contributed by atoms with Gasteiger partial charge < -0.3 is 9.47 Å². The van der Waals surface area contributed by atoms with Crippen LogP contribution in [0.5, 0.6) is 5.75 Å². The molecular formula is C32H26N4O3. The summed E-state index contributed by atoms with van der Waals surface area (Å²) in [5.74, 6) is 0.901. The Labute approximate surface area is 226 Å². The average molecular weight is 515 g/mol. The molecule has 0 aliphatic rings. The average Bonchev–Trinajstić information content (AvgIpc) is 3.38. The van der Waals surface area contributed by atoms with Crippen LogP contribution in [0.3, 0.4) is 0 Å². The van der Waals surface area contributed by atoms with Gasteiger partial charge in [0.1, 0.15) is 17.9 Å². The van der Waals surface area contributed by atoms with Gasteiger partial charge in [-0.25, -0.2) is 14.5 Å². The second kappa shape index (κ2) is 11.4. The zero-order chi connectivity index (χ0) is 27.2. The van der Waals surface area contributed by atoms with Crippen LogP contribution in [0.25, 0.3) is 28.2 Å². The molecule has 7 nitrogen and oxygen atoms in total. The first-order chi connectivity index (χ1) is 19.1. The Morgan fingerprint density at radius 3 is 2.36 bits per heavy atom. The van der Waals surface area contributed by atoms with Crippen molar-refractivity contribution in [3.8, 4) is 40.0 Å². The number of hydrogen-bond acceptors (Lipinski definition) is 6. The highest BCUT2D eigenvalue weighted by Crippen LogP contribution is 2.30. The van der Waals surface area contributed by atoms with Gasteiger partial charge in [0.2, 0.25) is 0 Å². The van der Waals surface area contributed by atoms with E-state index in [1.54, 1.807) is 11.6 Å². The van der Waals surface area contributed by atoms with Gasteiger partial charge in [-0.1, -0.05) is 54.6 Å². The molecule has 0 bridgehead atoms. The largest absolute Gasteiger partial charge is 0.488 e. The van der Waals surface area contributed by atoms with Crippen LogP contribution in [0.4, 0.5) is 0 Å². The van der Waals surface area contributed by atoms with Crippen LogP contribution >= 0.6 is 0 Å². The summed E-state index contributed by atoms with van der Waals surface area (Å²) in [4.78, 5) is 17.0. The predicted molar refractivity (Wildman–Crippen MR) is 148 cm³/mol. The van der Waals surface area contributed by atoms with Crippen molar-refractivity contribution >= 4 is 5.97 Å². The molecule has 0 aliphatic heterocycles. The van der Waals surface area contributed by atoms with E-state index in [0.29, 0.717) is 41.6 Å². The van der Waals surface area contributed by atoms with E-state index in [4.69, 9.17) is 19.7 Å². The molecule has 2 aromatic heterocycles. The second-order valence-corrected chi connectivity index (χ2v) is 8.83. The predicted octanol–water partition coefficient (Wildman–Crippen LogP) is 6.54. The number of carbonyl (C=O) groups is 1. The molecule has 0 N–H and O–H groups in total. The Morgan fingerprint density at radius 2 is 1.64 bits per heavy atom. The number of hydrogen-bond donors (Lipinski definition) is 0. The highest BCUT2D eigenvalue weighted by Gasteiger charge is 2.17. The van der Waals surface area contributed by atoms with Gasteiger partial charge in [0.25, 0.3) is 0 Å². The minimum Gasteiger partial charge on any atom is -0.488 e. The molecule has 2 heterocycles. The highest BCUT2D eigenvalue weighted by molar-refractivity contribution is 5.90. The molecule has 7 heteroatoms. The summed E-state index contributed by atoms with van der Waals surface area (Å²) in [7, 11) is 0. The Bertz CT molecular complexity index is 1650. The standard InChI is InChI=1S/C32H26N4O3/c1-3-38-32(37)28-20-34-36(22(28)2)31-10-6-8-29(35-31)27-7-4-5-9-30(27)39-21-24-13-17-26(18-14-24)25-15-11-23(19-33)12-16-25/h4-18,20H,3,21H2,1-2H3. The number of aromatic nitrogens is 3. The lowest BCUT2D eigenvalue weighted by molar-refractivity contribution is 0.0525. The van der Waals surface area contributed by atoms with Gasteiger partial charge in [-0.05, 0) is 66.9 Å². The van der Waals surface area contributed by atoms with Gasteiger partial charge >= 0.3 is 5.97 Å². The lowest BCUT2D eigenvalue weighted by atomic mass is 10.0. The van der Waals surface area contributed by atoms with Crippen LogP contribution in [-0.2, 0) is 11.3 Å². The van der Waals surface area contributed by atoms with E-state index in [-0.39, 0.29) is 0 Å². The SMILES string of the molecule is CCOC(=O)c1cnn(-c2cccc(-c3ccccc3OCc3ccc(-c4ccc(C#N)cc4)cc3)n2)c1C. The van der Waals surface area contributed by atoms with Crippen LogP contribution in [0.2, 0.25) is 0 Å². The molecule has 0 fully saturated rings. The fourth-order valence-corrected chi connectivity index (χ4v) is 4.24. The summed E-state index contributed by atoms with van der Waals surface area (Å²) < 4.78 is 13.0. The van der Waals surface area contributed by atoms with Gasteiger partial charge in [0.15, 0.2) is 5.82 Å². The summed E-state index contributed by atoms with van der Waals surface area (Å²) in [6.07, 6.45) is 1.51. The van der Waals surface area contributed by atoms with Crippen LogP contribution in [0.15, 0.2) is 97.2 Å². The lowest BCUT2D eigenvalue weighted by Crippen LogP contribution is -2.08. The van der Waals surface area contributed by atoms with E-state index in [0.717, 1.165) is 27.9 Å². The fourth-order valence-electron chi connectivity index (χ4n) is 4.24. The van der Waals surface area contributed by atoms with Gasteiger partial charge in [-0.15, -0.1) is 0 Å². The van der Waals surface area contributed by atoms with Gasteiger partial charge in [0, 0.05) is 5.56 Å². The number of nitriles is 1. The Hall–Kier alpha value is -5.22. The normalized spacial score (nSPS) is 10.6. The minimum atomic E-state index is -0.402. The number of carbonyl (C=O) groups excluding carboxylic acids is 1. The Balaban J connectivity index is 1.34. The first kappa shape index (κ1) is 25.4. The zero-order valence-corrected chi connectivity index (χ0v) is 21.7. The van der Waals surface area contributed by atoms with Crippen LogP contribution in [-0.4, -0.2) is 27.3 Å². The zero-order valence-electron chi connectivity index (χ0n) is 21.7. The summed E-state index contributed by atoms with van der Waals surface area (Å²) >= 11 is 0. The van der Waals surface area contributed by atoms with Crippen molar-refractivity contribution in [2.45, 2.75) is 20.5 Å². The summed E-state index contributed by atoms with van der Waals surface area (Å²) in [5, 5.41) is 13.4. The number of rotatable bonds is 8. The van der Waals surface area contributed by atoms with E-state index >= 15 is 0 Å². The quantitative estimate of drug-likeness (QED) is 0.219. The number of benzene rings is 3. The van der Waals surface area contributed by atoms with Crippen molar-refractivity contribution in [2.24, 2.45) is 0 Å². The number of pyridine rings is 1. The second-order valence-electron chi connectivity index (χ2n) is 8.83. The van der Waals surface area contributed by atoms with Gasteiger partial charge in [-0.2, -0.15) is 10.4 Å². The van der Waals surface area contributed by atoms with Crippen molar-refractivity contribution in [3.63, 3.8) is 0 Å². The summed E-state index contributed by atoms with van der Waals surface area (Å²) in [5.41, 5.74) is 6.45. The molecule has 0 atom stereocenters. The Morgan fingerprint density at radius 1 is 0.923 bits per heavy atom. The maximum atomic E-state index is 12.2. The molecule has 0 amide bonds. The van der Waals surface area contributed by atoms with E-state index in [9.17, 15) is 4.79 Å². The number of nitrogens with zero attached hydrogens (tertiary/aromatic N) is 4. The smallest absolute Gasteiger partial charge is 0.341 e. The van der Waals surface area contributed by atoms with E-state index in [1.165, 1.54) is 6.20 Å². The van der Waals surface area contributed by atoms with E-state index in [1.807, 2.05) is 97.9 Å². The first-order valence-corrected chi connectivity index (χ1v) is 12.6. The maximum absolute atomic E-state index is 12.2. The molecule has 0 unspecified atom stereocenters. The molecule has 0 saturated heterocycles. The molecule has 0 aliphatic carbocycles. The Kier molecular flexibility index (Phi) is 7.46. The first-order valence-electron chi connectivity index (χ1n) is 12.6. The molecule has 39 heavy (non-hydrogen) atoms. The molecule has 5 rings (SSSR count). The minimum absolute atomic E-state index is 0.301. The third-order valence-electron chi connectivity index (χ3n) is 6.32. The van der Waals surface area contributed by atoms with Gasteiger partial charge in [0.05, 0.1) is 35.8 Å². The van der Waals surface area contributed by atoms with E-state index < -0.39 is 5.97 Å². The molecule has 192 valence electrons. The van der Waals surface area contributed by atoms with Crippen molar-refractivity contribution in [3.05, 3.63) is 120 Å². The molecule has 0 spiro atoms. The molecule has 5 aromatic rings. The summed E-state index contributed by atoms with van der Waals surface area (Å²) in [6, 6.07) is 31.3. The number of esters is 1. The van der Waals surface area contributed by atoms with Crippen molar-refractivity contribution in [1.82, 2.24) is 14.8 Å². The number of para-hydroxylation sites is 1. The molecule has 0 saturated carbocycles. The van der Waals surface area contributed by atoms with Crippen molar-refractivity contribution in [2.75, 3.05) is 6.61 Å². The van der Waals surface area contributed by atoms with Crippen LogP contribution < -0.4 is 4.74 Å². The lowest BCUT2D eigenvalue weighted by Gasteiger charge is -2.13. The monoisotopic (exact) mass is 514 g/mol. The molecular weight excluding hydrogens is 488 g/mol. The van der Waals surface area contributed by atoms with Crippen molar-refractivity contribution < 1.29 is 14.3 Å². The molecule has 3 aromatic carbocycles. The third-order valence-corrected chi connectivity index (χ3v) is 6.32. The maximum Gasteiger partial charge on any atom is 0.341 e. The topological polar surface area (TPSA) is 90.0 Å². The van der Waals surface area contributed by atoms with E-state index in [2.05, 4.69) is 11.2 Å².